The van der Waals surface area contributed by atoms with Gasteiger partial charge in [0, 0.05) is 24.8 Å². The number of hydrogen-bond donors (Lipinski definition) is 0. The van der Waals surface area contributed by atoms with E-state index in [4.69, 9.17) is 0 Å². The van der Waals surface area contributed by atoms with Gasteiger partial charge in [0.25, 0.3) is 5.91 Å². The van der Waals surface area contributed by atoms with E-state index in [1.54, 1.807) is 6.33 Å². The molecular formula is C17H15N3O. The Bertz CT molecular complexity index is 850. The summed E-state index contributed by atoms with van der Waals surface area (Å²) in [6.07, 6.45) is 2.69. The quantitative estimate of drug-likeness (QED) is 0.686. The zero-order valence-corrected chi connectivity index (χ0v) is 11.8. The lowest BCUT2D eigenvalue weighted by Crippen LogP contribution is -2.28. The molecule has 1 amide bonds. The van der Waals surface area contributed by atoms with Crippen molar-refractivity contribution in [3.63, 3.8) is 0 Å². The molecule has 21 heavy (non-hydrogen) atoms. The van der Waals surface area contributed by atoms with Crippen LogP contribution in [0.2, 0.25) is 0 Å². The number of nitrogens with zero attached hydrogens (tertiary/aromatic N) is 3. The van der Waals surface area contributed by atoms with E-state index >= 15 is 0 Å². The maximum atomic E-state index is 12.8. The van der Waals surface area contributed by atoms with Crippen LogP contribution in [0.1, 0.15) is 15.9 Å². The third-order valence-electron chi connectivity index (χ3n) is 4.10. The van der Waals surface area contributed by atoms with Crippen molar-refractivity contribution in [2.24, 2.45) is 7.05 Å². The second-order valence-corrected chi connectivity index (χ2v) is 5.39. The molecule has 0 saturated heterocycles. The summed E-state index contributed by atoms with van der Waals surface area (Å²) in [5.41, 5.74) is 4.86. The van der Waals surface area contributed by atoms with Gasteiger partial charge in [-0.05, 0) is 36.2 Å². The molecule has 0 saturated carbocycles. The van der Waals surface area contributed by atoms with Gasteiger partial charge in [0.2, 0.25) is 0 Å². The number of para-hydroxylation sites is 1. The van der Waals surface area contributed by atoms with Gasteiger partial charge in [0.15, 0.2) is 0 Å². The van der Waals surface area contributed by atoms with Crippen LogP contribution < -0.4 is 4.90 Å². The highest BCUT2D eigenvalue weighted by molar-refractivity contribution is 6.08. The number of amides is 1. The van der Waals surface area contributed by atoms with Crippen LogP contribution in [0.5, 0.6) is 0 Å². The number of anilines is 1. The number of aryl methyl sites for hydroxylation is 1. The lowest BCUT2D eigenvalue weighted by Gasteiger charge is -2.17. The predicted octanol–water partition coefficient (Wildman–Crippen LogP) is 2.78. The average Bonchev–Trinajstić information content (AvgIpc) is 3.10. The van der Waals surface area contributed by atoms with Crippen LogP contribution >= 0.6 is 0 Å². The summed E-state index contributed by atoms with van der Waals surface area (Å²) in [4.78, 5) is 18.9. The zero-order chi connectivity index (χ0) is 14.4. The molecule has 1 aliphatic rings. The highest BCUT2D eigenvalue weighted by Crippen LogP contribution is 2.29. The van der Waals surface area contributed by atoms with E-state index in [0.29, 0.717) is 5.56 Å². The Kier molecular flexibility index (Phi) is 2.57. The molecule has 104 valence electrons. The molecule has 2 heterocycles. The third-order valence-corrected chi connectivity index (χ3v) is 4.10. The molecule has 1 aromatic heterocycles. The zero-order valence-electron chi connectivity index (χ0n) is 11.8. The first-order valence-corrected chi connectivity index (χ1v) is 7.05. The van der Waals surface area contributed by atoms with Crippen molar-refractivity contribution in [2.75, 3.05) is 11.4 Å². The molecule has 3 aromatic rings. The first kappa shape index (κ1) is 12.1. The molecule has 0 N–H and O–H groups in total. The van der Waals surface area contributed by atoms with Crippen LogP contribution in [-0.4, -0.2) is 22.0 Å². The molecule has 4 rings (SSSR count). The van der Waals surface area contributed by atoms with Gasteiger partial charge >= 0.3 is 0 Å². The Balaban J connectivity index is 1.74. The summed E-state index contributed by atoms with van der Waals surface area (Å²) in [6, 6.07) is 13.8. The van der Waals surface area contributed by atoms with Crippen molar-refractivity contribution in [2.45, 2.75) is 6.42 Å². The first-order valence-electron chi connectivity index (χ1n) is 7.05. The van der Waals surface area contributed by atoms with Gasteiger partial charge in [-0.1, -0.05) is 18.2 Å². The van der Waals surface area contributed by atoms with Crippen molar-refractivity contribution in [3.05, 3.63) is 59.9 Å². The Morgan fingerprint density at radius 3 is 2.95 bits per heavy atom. The molecule has 0 fully saturated rings. The van der Waals surface area contributed by atoms with Crippen molar-refractivity contribution in [1.29, 1.82) is 0 Å². The number of fused-ring (bicyclic) bond motifs is 2. The second-order valence-electron chi connectivity index (χ2n) is 5.39. The monoisotopic (exact) mass is 277 g/mol. The Morgan fingerprint density at radius 1 is 1.19 bits per heavy atom. The molecule has 0 aliphatic carbocycles. The summed E-state index contributed by atoms with van der Waals surface area (Å²) in [5, 5.41) is 0. The lowest BCUT2D eigenvalue weighted by molar-refractivity contribution is 0.0989. The summed E-state index contributed by atoms with van der Waals surface area (Å²) >= 11 is 0. The molecule has 4 heteroatoms. The van der Waals surface area contributed by atoms with Crippen LogP contribution in [-0.2, 0) is 13.5 Å². The van der Waals surface area contributed by atoms with Crippen molar-refractivity contribution >= 4 is 22.6 Å². The maximum absolute atomic E-state index is 12.8. The number of hydrogen-bond acceptors (Lipinski definition) is 2. The molecule has 0 radical (unpaired) electrons. The standard InChI is InChI=1S/C17H15N3O/c1-19-11-18-14-10-13(6-7-16(14)19)17(21)20-9-8-12-4-2-3-5-15(12)20/h2-7,10-11H,8-9H2,1H3. The van der Waals surface area contributed by atoms with E-state index < -0.39 is 0 Å². The first-order chi connectivity index (χ1) is 10.2. The molecule has 0 spiro atoms. The van der Waals surface area contributed by atoms with Crippen molar-refractivity contribution < 1.29 is 4.79 Å². The molecule has 0 unspecified atom stereocenters. The van der Waals surface area contributed by atoms with Crippen LogP contribution in [0, 0.1) is 0 Å². The Labute approximate surface area is 122 Å². The fourth-order valence-corrected chi connectivity index (χ4v) is 2.97. The van der Waals surface area contributed by atoms with Gasteiger partial charge < -0.3 is 9.47 Å². The maximum Gasteiger partial charge on any atom is 0.258 e. The van der Waals surface area contributed by atoms with E-state index in [9.17, 15) is 4.79 Å². The van der Waals surface area contributed by atoms with Gasteiger partial charge in [0.05, 0.1) is 17.4 Å². The Morgan fingerprint density at radius 2 is 2.05 bits per heavy atom. The summed E-state index contributed by atoms with van der Waals surface area (Å²) in [5.74, 6) is 0.0486. The molecule has 0 atom stereocenters. The molecule has 4 nitrogen and oxygen atoms in total. The topological polar surface area (TPSA) is 38.1 Å². The van der Waals surface area contributed by atoms with Crippen molar-refractivity contribution in [1.82, 2.24) is 9.55 Å². The normalized spacial score (nSPS) is 13.7. The van der Waals surface area contributed by atoms with Gasteiger partial charge in [-0.15, -0.1) is 0 Å². The van der Waals surface area contributed by atoms with Gasteiger partial charge in [-0.3, -0.25) is 4.79 Å². The van der Waals surface area contributed by atoms with Crippen LogP contribution in [0.4, 0.5) is 5.69 Å². The average molecular weight is 277 g/mol. The number of benzene rings is 2. The fourth-order valence-electron chi connectivity index (χ4n) is 2.97. The van der Waals surface area contributed by atoms with E-state index in [-0.39, 0.29) is 5.91 Å². The summed E-state index contributed by atoms with van der Waals surface area (Å²) < 4.78 is 1.95. The SMILES string of the molecule is Cn1cnc2cc(C(=O)N3CCc4ccccc43)ccc21. The highest BCUT2D eigenvalue weighted by atomic mass is 16.2. The molecular weight excluding hydrogens is 262 g/mol. The number of rotatable bonds is 1. The smallest absolute Gasteiger partial charge is 0.258 e. The van der Waals surface area contributed by atoms with E-state index in [1.165, 1.54) is 5.56 Å². The van der Waals surface area contributed by atoms with Gasteiger partial charge in [-0.2, -0.15) is 0 Å². The minimum atomic E-state index is 0.0486. The van der Waals surface area contributed by atoms with Crippen LogP contribution in [0.25, 0.3) is 11.0 Å². The minimum absolute atomic E-state index is 0.0486. The van der Waals surface area contributed by atoms with Crippen LogP contribution in [0.3, 0.4) is 0 Å². The number of carbonyl (C=O) groups is 1. The predicted molar refractivity (Wildman–Crippen MR) is 82.5 cm³/mol. The van der Waals surface area contributed by atoms with Gasteiger partial charge in [-0.25, -0.2) is 4.98 Å². The Hall–Kier alpha value is -2.62. The van der Waals surface area contributed by atoms with Crippen LogP contribution in [0.15, 0.2) is 48.8 Å². The summed E-state index contributed by atoms with van der Waals surface area (Å²) in [7, 11) is 1.95. The lowest BCUT2D eigenvalue weighted by atomic mass is 10.1. The molecule has 0 bridgehead atoms. The minimum Gasteiger partial charge on any atom is -0.334 e. The fraction of sp³-hybridized carbons (Fsp3) is 0.176. The number of imidazole rings is 1. The summed E-state index contributed by atoms with van der Waals surface area (Å²) in [6.45, 7) is 0.748. The second kappa shape index (κ2) is 4.45. The molecule has 2 aromatic carbocycles. The largest absolute Gasteiger partial charge is 0.334 e. The van der Waals surface area contributed by atoms with Gasteiger partial charge in [0.1, 0.15) is 0 Å². The number of carbonyl (C=O) groups excluding carboxylic acids is 1. The van der Waals surface area contributed by atoms with E-state index in [0.717, 1.165) is 29.7 Å². The molecule has 1 aliphatic heterocycles. The third kappa shape index (κ3) is 1.83. The van der Waals surface area contributed by atoms with E-state index in [1.807, 2.05) is 52.9 Å². The van der Waals surface area contributed by atoms with E-state index in [2.05, 4.69) is 11.1 Å². The number of aromatic nitrogens is 2. The highest BCUT2D eigenvalue weighted by Gasteiger charge is 2.25. The van der Waals surface area contributed by atoms with Crippen molar-refractivity contribution in [3.8, 4) is 0 Å².